The van der Waals surface area contributed by atoms with Gasteiger partial charge in [-0.3, -0.25) is 5.32 Å². The number of nitrogens with one attached hydrogen (secondary N) is 1. The van der Waals surface area contributed by atoms with Crippen LogP contribution in [0, 0.1) is 5.82 Å². The van der Waals surface area contributed by atoms with Gasteiger partial charge in [0.25, 0.3) is 0 Å². The number of rotatable bonds is 3. The van der Waals surface area contributed by atoms with Gasteiger partial charge >= 0.3 is 6.09 Å². The van der Waals surface area contributed by atoms with Crippen molar-refractivity contribution in [3.8, 4) is 11.3 Å². The Bertz CT molecular complexity index is 1010. The minimum atomic E-state index is -0.539. The molecule has 1 heterocycles. The third-order valence-corrected chi connectivity index (χ3v) is 5.07. The molecule has 1 aliphatic carbocycles. The van der Waals surface area contributed by atoms with Gasteiger partial charge in [-0.2, -0.15) is 0 Å². The Morgan fingerprint density at radius 1 is 1.11 bits per heavy atom. The first-order chi connectivity index (χ1) is 13.3. The first-order valence-corrected chi connectivity index (χ1v) is 9.71. The number of halogens is 1. The molecule has 0 unspecified atom stereocenters. The second kappa shape index (κ2) is 6.97. The summed E-state index contributed by atoms with van der Waals surface area (Å²) in [5, 5.41) is 3.67. The summed E-state index contributed by atoms with van der Waals surface area (Å²) in [5.74, 6) is -0.221. The van der Waals surface area contributed by atoms with Crippen molar-refractivity contribution in [1.29, 1.82) is 0 Å². The van der Waals surface area contributed by atoms with E-state index in [1.54, 1.807) is 6.07 Å². The van der Waals surface area contributed by atoms with E-state index >= 15 is 0 Å². The van der Waals surface area contributed by atoms with Crippen LogP contribution in [-0.2, 0) is 4.74 Å². The lowest BCUT2D eigenvalue weighted by Crippen LogP contribution is -2.27. The molecule has 2 aromatic carbocycles. The maximum atomic E-state index is 13.7. The Kier molecular flexibility index (Phi) is 4.61. The molecule has 0 bridgehead atoms. The van der Waals surface area contributed by atoms with Gasteiger partial charge in [0.05, 0.1) is 0 Å². The lowest BCUT2D eigenvalue weighted by atomic mass is 9.92. The topological polar surface area (TPSA) is 43.3 Å². The van der Waals surface area contributed by atoms with Gasteiger partial charge in [0, 0.05) is 28.3 Å². The van der Waals surface area contributed by atoms with E-state index in [-0.39, 0.29) is 5.82 Å². The van der Waals surface area contributed by atoms with Crippen LogP contribution in [0.25, 0.3) is 22.2 Å². The summed E-state index contributed by atoms with van der Waals surface area (Å²) in [5.41, 5.74) is 3.32. The highest BCUT2D eigenvalue weighted by molar-refractivity contribution is 5.88. The Morgan fingerprint density at radius 3 is 2.43 bits per heavy atom. The normalized spacial score (nSPS) is 14.7. The number of aromatic nitrogens is 1. The number of hydrogen-bond acceptors (Lipinski definition) is 2. The molecule has 1 amide bonds. The summed E-state index contributed by atoms with van der Waals surface area (Å²) in [4.78, 5) is 11.9. The highest BCUT2D eigenvalue weighted by Gasteiger charge is 2.24. The van der Waals surface area contributed by atoms with Crippen LogP contribution in [0.2, 0.25) is 0 Å². The van der Waals surface area contributed by atoms with Gasteiger partial charge in [-0.25, -0.2) is 9.18 Å². The highest BCUT2D eigenvalue weighted by atomic mass is 19.1. The molecule has 4 nitrogen and oxygen atoms in total. The second-order valence-electron chi connectivity index (χ2n) is 8.39. The number of benzene rings is 2. The van der Waals surface area contributed by atoms with Crippen LogP contribution in [0.3, 0.4) is 0 Å². The molecule has 5 heteroatoms. The molecule has 4 rings (SSSR count). The number of fused-ring (bicyclic) bond motifs is 1. The zero-order valence-corrected chi connectivity index (χ0v) is 16.5. The number of carbonyl (C=O) groups excluding carboxylic acids is 1. The van der Waals surface area contributed by atoms with Crippen LogP contribution < -0.4 is 5.32 Å². The van der Waals surface area contributed by atoms with E-state index in [9.17, 15) is 9.18 Å². The van der Waals surface area contributed by atoms with E-state index in [2.05, 4.69) is 9.88 Å². The molecule has 0 atom stereocenters. The largest absolute Gasteiger partial charge is 0.444 e. The van der Waals surface area contributed by atoms with Crippen molar-refractivity contribution in [2.75, 3.05) is 5.32 Å². The smallest absolute Gasteiger partial charge is 0.412 e. The average Bonchev–Trinajstić information content (AvgIpc) is 2.90. The quantitative estimate of drug-likeness (QED) is 0.562. The Hall–Kier alpha value is -2.82. The van der Waals surface area contributed by atoms with Gasteiger partial charge in [-0.15, -0.1) is 0 Å². The van der Waals surface area contributed by atoms with E-state index in [4.69, 9.17) is 4.74 Å². The highest BCUT2D eigenvalue weighted by Crippen LogP contribution is 2.40. The molecule has 1 saturated carbocycles. The lowest BCUT2D eigenvalue weighted by Gasteiger charge is -2.30. The van der Waals surface area contributed by atoms with Crippen LogP contribution in [-0.4, -0.2) is 16.3 Å². The molecule has 1 aromatic heterocycles. The van der Waals surface area contributed by atoms with Crippen LogP contribution >= 0.6 is 0 Å². The zero-order chi connectivity index (χ0) is 19.9. The van der Waals surface area contributed by atoms with E-state index in [1.807, 2.05) is 57.2 Å². The zero-order valence-electron chi connectivity index (χ0n) is 16.5. The minimum absolute atomic E-state index is 0.221. The van der Waals surface area contributed by atoms with Gasteiger partial charge < -0.3 is 9.30 Å². The number of hydrogen-bond donors (Lipinski definition) is 1. The summed E-state index contributed by atoms with van der Waals surface area (Å²) in [6.07, 6.45) is 3.04. The third kappa shape index (κ3) is 3.75. The molecule has 1 aliphatic rings. The van der Waals surface area contributed by atoms with Crippen LogP contribution in [0.4, 0.5) is 14.9 Å². The first-order valence-electron chi connectivity index (χ1n) is 9.71. The van der Waals surface area contributed by atoms with Gasteiger partial charge in [-0.1, -0.05) is 12.1 Å². The molecule has 1 N–H and O–H groups in total. The summed E-state index contributed by atoms with van der Waals surface area (Å²) in [7, 11) is 0. The van der Waals surface area contributed by atoms with Gasteiger partial charge in [0.1, 0.15) is 11.4 Å². The number of ether oxygens (including phenoxy) is 1. The molecule has 146 valence electrons. The molecule has 1 fully saturated rings. The van der Waals surface area contributed by atoms with Crippen molar-refractivity contribution in [3.05, 3.63) is 54.3 Å². The van der Waals surface area contributed by atoms with E-state index in [0.717, 1.165) is 35.0 Å². The molecule has 0 spiro atoms. The molecular formula is C23H25FN2O2. The first kappa shape index (κ1) is 18.5. The Labute approximate surface area is 164 Å². The molecule has 28 heavy (non-hydrogen) atoms. The summed E-state index contributed by atoms with van der Waals surface area (Å²) in [6.45, 7) is 5.49. The summed E-state index contributed by atoms with van der Waals surface area (Å²) < 4.78 is 21.3. The summed E-state index contributed by atoms with van der Waals surface area (Å²) in [6, 6.07) is 15.2. The van der Waals surface area contributed by atoms with E-state index in [1.165, 1.54) is 12.5 Å². The molecule has 0 radical (unpaired) electrons. The fraction of sp³-hybridized carbons (Fsp3) is 0.348. The maximum Gasteiger partial charge on any atom is 0.412 e. The van der Waals surface area contributed by atoms with Gasteiger partial charge in [-0.05, 0) is 82.0 Å². The standard InChI is InChI=1S/C23H25FN2O2/c1-23(2,3)28-22(27)25-18-10-7-15(8-11-18)21-14-16-13-17(24)9-12-20(16)26(21)19-5-4-6-19/h7-14,19H,4-6H2,1-3H3,(H,25,27). The number of nitrogens with zero attached hydrogens (tertiary/aromatic N) is 1. The molecule has 0 aliphatic heterocycles. The van der Waals surface area contributed by atoms with Crippen molar-refractivity contribution in [2.45, 2.75) is 51.7 Å². The molecule has 3 aromatic rings. The van der Waals surface area contributed by atoms with E-state index in [0.29, 0.717) is 11.7 Å². The van der Waals surface area contributed by atoms with Crippen molar-refractivity contribution < 1.29 is 13.9 Å². The van der Waals surface area contributed by atoms with Gasteiger partial charge in [0.15, 0.2) is 0 Å². The monoisotopic (exact) mass is 380 g/mol. The van der Waals surface area contributed by atoms with Crippen LogP contribution in [0.15, 0.2) is 48.5 Å². The van der Waals surface area contributed by atoms with Gasteiger partial charge in [0.2, 0.25) is 0 Å². The lowest BCUT2D eigenvalue weighted by molar-refractivity contribution is 0.0636. The van der Waals surface area contributed by atoms with Crippen molar-refractivity contribution in [2.24, 2.45) is 0 Å². The molecule has 0 saturated heterocycles. The number of carbonyl (C=O) groups is 1. The summed E-state index contributed by atoms with van der Waals surface area (Å²) >= 11 is 0. The van der Waals surface area contributed by atoms with Crippen molar-refractivity contribution >= 4 is 22.7 Å². The van der Waals surface area contributed by atoms with Crippen LogP contribution in [0.1, 0.15) is 46.1 Å². The third-order valence-electron chi connectivity index (χ3n) is 5.07. The second-order valence-corrected chi connectivity index (χ2v) is 8.39. The predicted octanol–water partition coefficient (Wildman–Crippen LogP) is 6.52. The van der Waals surface area contributed by atoms with E-state index < -0.39 is 11.7 Å². The molecular weight excluding hydrogens is 355 g/mol. The fourth-order valence-corrected chi connectivity index (χ4v) is 3.61. The number of anilines is 1. The minimum Gasteiger partial charge on any atom is -0.444 e. The fourth-order valence-electron chi connectivity index (χ4n) is 3.61. The Morgan fingerprint density at radius 2 is 1.82 bits per heavy atom. The Balaban J connectivity index is 1.64. The van der Waals surface area contributed by atoms with Crippen LogP contribution in [0.5, 0.6) is 0 Å². The van der Waals surface area contributed by atoms with Crippen molar-refractivity contribution in [1.82, 2.24) is 4.57 Å². The van der Waals surface area contributed by atoms with Crippen molar-refractivity contribution in [3.63, 3.8) is 0 Å². The maximum absolute atomic E-state index is 13.7. The number of amides is 1. The predicted molar refractivity (Wildman–Crippen MR) is 110 cm³/mol. The average molecular weight is 380 g/mol. The SMILES string of the molecule is CC(C)(C)OC(=O)Nc1ccc(-c2cc3cc(F)ccc3n2C2CCC2)cc1.